The zero-order valence-electron chi connectivity index (χ0n) is 7.72. The van der Waals surface area contributed by atoms with Crippen molar-refractivity contribution in [2.24, 2.45) is 11.7 Å². The van der Waals surface area contributed by atoms with Gasteiger partial charge in [-0.3, -0.25) is 4.68 Å². The Bertz CT molecular complexity index is 332. The monoisotopic (exact) mass is 212 g/mol. The number of nitrogens with zero attached hydrogens (tertiary/aromatic N) is 3. The Hall–Kier alpha value is -1.01. The van der Waals surface area contributed by atoms with Crippen molar-refractivity contribution in [3.63, 3.8) is 0 Å². The molecule has 1 aliphatic heterocycles. The average Bonchev–Trinajstić information content (AvgIpc) is 2.75. The molecule has 14 heavy (non-hydrogen) atoms. The molecule has 76 valence electrons. The molecule has 2 rings (SSSR count). The van der Waals surface area contributed by atoms with E-state index >= 15 is 0 Å². The summed E-state index contributed by atoms with van der Waals surface area (Å²) in [7, 11) is 0. The summed E-state index contributed by atoms with van der Waals surface area (Å²) in [6, 6.07) is 0. The van der Waals surface area contributed by atoms with Gasteiger partial charge in [-0.25, -0.2) is 4.98 Å². The minimum atomic E-state index is 0.242. The van der Waals surface area contributed by atoms with Crippen molar-refractivity contribution in [1.82, 2.24) is 14.8 Å². The van der Waals surface area contributed by atoms with Crippen LogP contribution in [0.1, 0.15) is 12.2 Å². The third kappa shape index (κ3) is 2.08. The van der Waals surface area contributed by atoms with Crippen molar-refractivity contribution in [1.29, 1.82) is 0 Å². The molecule has 0 aliphatic carbocycles. The fraction of sp³-hybridized carbons (Fsp3) is 0.625. The van der Waals surface area contributed by atoms with Crippen LogP contribution in [0.15, 0.2) is 6.33 Å². The Morgan fingerprint density at radius 2 is 2.64 bits per heavy atom. The topological polar surface area (TPSA) is 66.0 Å². The van der Waals surface area contributed by atoms with Gasteiger partial charge in [-0.15, -0.1) is 5.10 Å². The molecule has 1 aromatic rings. The summed E-state index contributed by atoms with van der Waals surface area (Å²) in [5.41, 5.74) is 5.40. The van der Waals surface area contributed by atoms with Gasteiger partial charge in [0.15, 0.2) is 0 Å². The standard InChI is InChI=1S/C8H12N4OS/c9-7(14)8-10-5-12(11-8)3-6-1-2-13-4-6/h5-6H,1-4H2,(H2,9,14). The second kappa shape index (κ2) is 4.02. The summed E-state index contributed by atoms with van der Waals surface area (Å²) in [6.07, 6.45) is 2.75. The van der Waals surface area contributed by atoms with Crippen molar-refractivity contribution in [2.45, 2.75) is 13.0 Å². The molecule has 2 heterocycles. The van der Waals surface area contributed by atoms with Crippen LogP contribution in [0.5, 0.6) is 0 Å². The molecule has 0 bridgehead atoms. The maximum Gasteiger partial charge on any atom is 0.208 e. The summed E-state index contributed by atoms with van der Waals surface area (Å²) in [6.45, 7) is 2.49. The highest BCUT2D eigenvalue weighted by Crippen LogP contribution is 2.13. The predicted molar refractivity (Wildman–Crippen MR) is 54.8 cm³/mol. The molecular formula is C8H12N4OS. The van der Waals surface area contributed by atoms with Crippen molar-refractivity contribution in [2.75, 3.05) is 13.2 Å². The first-order chi connectivity index (χ1) is 6.75. The summed E-state index contributed by atoms with van der Waals surface area (Å²) < 4.78 is 7.04. The summed E-state index contributed by atoms with van der Waals surface area (Å²) in [5, 5.41) is 4.16. The molecule has 0 saturated carbocycles. The molecule has 0 aromatic carbocycles. The van der Waals surface area contributed by atoms with E-state index in [1.165, 1.54) is 0 Å². The van der Waals surface area contributed by atoms with Gasteiger partial charge in [0.25, 0.3) is 0 Å². The molecule has 2 N–H and O–H groups in total. The minimum Gasteiger partial charge on any atom is -0.387 e. The first-order valence-electron chi connectivity index (χ1n) is 4.52. The van der Waals surface area contributed by atoms with E-state index in [9.17, 15) is 0 Å². The molecule has 0 radical (unpaired) electrons. The Balaban J connectivity index is 1.98. The van der Waals surface area contributed by atoms with Crippen LogP contribution in [0.3, 0.4) is 0 Å². The first-order valence-corrected chi connectivity index (χ1v) is 4.93. The van der Waals surface area contributed by atoms with E-state index in [0.717, 1.165) is 26.2 Å². The molecule has 0 spiro atoms. The number of ether oxygens (including phenoxy) is 1. The summed E-state index contributed by atoms with van der Waals surface area (Å²) in [4.78, 5) is 4.24. The highest BCUT2D eigenvalue weighted by atomic mass is 32.1. The zero-order chi connectivity index (χ0) is 9.97. The molecule has 1 aromatic heterocycles. The fourth-order valence-corrected chi connectivity index (χ4v) is 1.58. The van der Waals surface area contributed by atoms with Gasteiger partial charge in [0.05, 0.1) is 6.61 Å². The minimum absolute atomic E-state index is 0.242. The number of nitrogens with two attached hydrogens (primary N) is 1. The number of hydrogen-bond acceptors (Lipinski definition) is 4. The van der Waals surface area contributed by atoms with E-state index in [2.05, 4.69) is 10.1 Å². The quantitative estimate of drug-likeness (QED) is 0.711. The third-order valence-corrected chi connectivity index (χ3v) is 2.41. The maximum atomic E-state index is 5.40. The van der Waals surface area contributed by atoms with Crippen LogP contribution >= 0.6 is 12.2 Å². The van der Waals surface area contributed by atoms with Gasteiger partial charge in [0, 0.05) is 19.1 Å². The smallest absolute Gasteiger partial charge is 0.208 e. The van der Waals surface area contributed by atoms with E-state index < -0.39 is 0 Å². The summed E-state index contributed by atoms with van der Waals surface area (Å²) in [5.74, 6) is 0.981. The molecule has 6 heteroatoms. The van der Waals surface area contributed by atoms with Gasteiger partial charge in [-0.05, 0) is 6.42 Å². The van der Waals surface area contributed by atoms with E-state index in [4.69, 9.17) is 22.7 Å². The molecule has 0 amide bonds. The number of aromatic nitrogens is 3. The highest BCUT2D eigenvalue weighted by molar-refractivity contribution is 7.80. The third-order valence-electron chi connectivity index (χ3n) is 2.23. The van der Waals surface area contributed by atoms with Gasteiger partial charge >= 0.3 is 0 Å². The van der Waals surface area contributed by atoms with Gasteiger partial charge in [-0.1, -0.05) is 12.2 Å². The molecule has 1 saturated heterocycles. The molecule has 1 aliphatic rings. The Kier molecular flexibility index (Phi) is 2.74. The van der Waals surface area contributed by atoms with E-state index in [-0.39, 0.29) is 4.99 Å². The van der Waals surface area contributed by atoms with Crippen molar-refractivity contribution in [3.05, 3.63) is 12.2 Å². The number of hydrogen-bond donors (Lipinski definition) is 1. The van der Waals surface area contributed by atoms with Crippen LogP contribution in [0.2, 0.25) is 0 Å². The molecule has 1 unspecified atom stereocenters. The van der Waals surface area contributed by atoms with E-state index in [1.54, 1.807) is 11.0 Å². The van der Waals surface area contributed by atoms with Crippen LogP contribution in [0, 0.1) is 5.92 Å². The van der Waals surface area contributed by atoms with Crippen molar-refractivity contribution in [3.8, 4) is 0 Å². The zero-order valence-corrected chi connectivity index (χ0v) is 8.54. The van der Waals surface area contributed by atoms with Gasteiger partial charge in [0.2, 0.25) is 5.82 Å². The lowest BCUT2D eigenvalue weighted by Gasteiger charge is -2.05. The van der Waals surface area contributed by atoms with Crippen molar-refractivity contribution >= 4 is 17.2 Å². The Morgan fingerprint density at radius 1 is 1.79 bits per heavy atom. The average molecular weight is 212 g/mol. The lowest BCUT2D eigenvalue weighted by molar-refractivity contribution is 0.181. The van der Waals surface area contributed by atoms with Gasteiger partial charge in [0.1, 0.15) is 11.3 Å². The molecule has 1 atom stereocenters. The predicted octanol–water partition coefficient (Wildman–Crippen LogP) is -0.0512. The van der Waals surface area contributed by atoms with Crippen LogP contribution < -0.4 is 5.73 Å². The van der Waals surface area contributed by atoms with Crippen LogP contribution in [-0.4, -0.2) is 33.0 Å². The van der Waals surface area contributed by atoms with Crippen LogP contribution in [0.4, 0.5) is 0 Å². The molecular weight excluding hydrogens is 200 g/mol. The lowest BCUT2D eigenvalue weighted by Crippen LogP contribution is -2.14. The lowest BCUT2D eigenvalue weighted by atomic mass is 10.1. The largest absolute Gasteiger partial charge is 0.387 e. The van der Waals surface area contributed by atoms with Crippen LogP contribution in [-0.2, 0) is 11.3 Å². The van der Waals surface area contributed by atoms with Crippen molar-refractivity contribution < 1.29 is 4.74 Å². The molecule has 1 fully saturated rings. The first kappa shape index (κ1) is 9.54. The second-order valence-corrected chi connectivity index (χ2v) is 3.82. The number of thiocarbonyl (C=S) groups is 1. The molecule has 5 nitrogen and oxygen atoms in total. The fourth-order valence-electron chi connectivity index (χ4n) is 1.49. The highest BCUT2D eigenvalue weighted by Gasteiger charge is 2.16. The second-order valence-electron chi connectivity index (χ2n) is 3.38. The number of rotatable bonds is 3. The van der Waals surface area contributed by atoms with E-state index in [0.29, 0.717) is 11.7 Å². The Morgan fingerprint density at radius 3 is 3.21 bits per heavy atom. The Labute approximate surface area is 87.3 Å². The van der Waals surface area contributed by atoms with E-state index in [1.807, 2.05) is 0 Å². The van der Waals surface area contributed by atoms with Crippen LogP contribution in [0.25, 0.3) is 0 Å². The maximum absolute atomic E-state index is 5.40. The van der Waals surface area contributed by atoms with Gasteiger partial charge in [-0.2, -0.15) is 0 Å². The SMILES string of the molecule is NC(=S)c1ncn(CC2CCOC2)n1. The van der Waals surface area contributed by atoms with Gasteiger partial charge < -0.3 is 10.5 Å². The normalized spacial score (nSPS) is 21.3. The summed E-state index contributed by atoms with van der Waals surface area (Å²) >= 11 is 4.77.